The van der Waals surface area contributed by atoms with E-state index in [0.717, 1.165) is 18.2 Å². The van der Waals surface area contributed by atoms with Gasteiger partial charge in [-0.1, -0.05) is 19.7 Å². The van der Waals surface area contributed by atoms with Gasteiger partial charge in [-0.25, -0.2) is 14.4 Å². The van der Waals surface area contributed by atoms with E-state index >= 15 is 0 Å². The number of carbonyl (C=O) groups is 3. The number of hydrogen-bond donors (Lipinski definition) is 0. The van der Waals surface area contributed by atoms with Crippen LogP contribution in [0.15, 0.2) is 38.0 Å². The first-order chi connectivity index (χ1) is 12.9. The molecule has 152 valence electrons. The SMILES string of the molecule is C=CC(=O)OCCCC(CCCOC(=O)C=C)(CCCOC(=O)C=C)O[SiH3]. The third-order valence-corrected chi connectivity index (χ3v) is 4.86. The van der Waals surface area contributed by atoms with Gasteiger partial charge in [0, 0.05) is 18.2 Å². The normalized spacial score (nSPS) is 10.7. The van der Waals surface area contributed by atoms with Gasteiger partial charge < -0.3 is 18.6 Å². The lowest BCUT2D eigenvalue weighted by Gasteiger charge is -2.33. The third-order valence-electron chi connectivity index (χ3n) is 4.00. The van der Waals surface area contributed by atoms with Gasteiger partial charge in [-0.15, -0.1) is 0 Å². The molecule has 0 aromatic heterocycles. The molecule has 0 aromatic rings. The maximum Gasteiger partial charge on any atom is 0.330 e. The fraction of sp³-hybridized carbons (Fsp3) is 0.526. The minimum Gasteiger partial charge on any atom is -0.463 e. The van der Waals surface area contributed by atoms with Gasteiger partial charge in [0.05, 0.1) is 25.4 Å². The van der Waals surface area contributed by atoms with Crippen LogP contribution >= 0.6 is 0 Å². The number of ether oxygens (including phenoxy) is 3. The fourth-order valence-corrected chi connectivity index (χ4v) is 3.17. The molecule has 0 saturated carbocycles. The summed E-state index contributed by atoms with van der Waals surface area (Å²) >= 11 is 0. The van der Waals surface area contributed by atoms with Crippen molar-refractivity contribution in [3.8, 4) is 0 Å². The quantitative estimate of drug-likeness (QED) is 0.128. The van der Waals surface area contributed by atoms with Crippen LogP contribution in [-0.4, -0.2) is 53.8 Å². The maximum atomic E-state index is 11.1. The van der Waals surface area contributed by atoms with Crippen molar-refractivity contribution in [3.63, 3.8) is 0 Å². The van der Waals surface area contributed by atoms with Crippen molar-refractivity contribution >= 4 is 28.4 Å². The van der Waals surface area contributed by atoms with Crippen LogP contribution in [0.4, 0.5) is 0 Å². The molecule has 0 rings (SSSR count). The molecule has 8 heteroatoms. The molecule has 0 radical (unpaired) electrons. The van der Waals surface area contributed by atoms with E-state index in [4.69, 9.17) is 18.6 Å². The summed E-state index contributed by atoms with van der Waals surface area (Å²) in [6.45, 7) is 10.9. The molecule has 0 N–H and O–H groups in total. The molecule has 0 unspecified atom stereocenters. The van der Waals surface area contributed by atoms with Crippen LogP contribution in [0.1, 0.15) is 38.5 Å². The summed E-state index contributed by atoms with van der Waals surface area (Å²) in [6.07, 6.45) is 7.26. The second-order valence-electron chi connectivity index (χ2n) is 5.81. The van der Waals surface area contributed by atoms with E-state index in [2.05, 4.69) is 19.7 Å². The van der Waals surface area contributed by atoms with E-state index in [9.17, 15) is 14.4 Å². The standard InChI is InChI=1S/C19H30O7Si/c1-4-16(20)23-13-7-10-19(26-27,11-8-14-24-17(21)5-2)12-9-15-25-18(22)6-3/h4-6H,1-3,7-15H2,27H3. The molecule has 0 amide bonds. The topological polar surface area (TPSA) is 88.1 Å². The van der Waals surface area contributed by atoms with Crippen molar-refractivity contribution in [2.75, 3.05) is 19.8 Å². The van der Waals surface area contributed by atoms with Gasteiger partial charge in [-0.3, -0.25) is 0 Å². The Kier molecular flexibility index (Phi) is 13.7. The van der Waals surface area contributed by atoms with Crippen molar-refractivity contribution in [1.82, 2.24) is 0 Å². The molecule has 7 nitrogen and oxygen atoms in total. The van der Waals surface area contributed by atoms with E-state index < -0.39 is 23.5 Å². The summed E-state index contributed by atoms with van der Waals surface area (Å²) in [5, 5.41) is 0. The van der Waals surface area contributed by atoms with Crippen LogP contribution in [0.3, 0.4) is 0 Å². The number of rotatable bonds is 16. The lowest BCUT2D eigenvalue weighted by Crippen LogP contribution is -2.33. The zero-order valence-corrected chi connectivity index (χ0v) is 18.1. The highest BCUT2D eigenvalue weighted by Gasteiger charge is 2.28. The number of carbonyl (C=O) groups excluding carboxylic acids is 3. The first-order valence-corrected chi connectivity index (χ1v) is 9.67. The molecule has 27 heavy (non-hydrogen) atoms. The Bertz CT molecular complexity index is 447. The molecule has 0 saturated heterocycles. The smallest absolute Gasteiger partial charge is 0.330 e. The molecule has 0 aromatic carbocycles. The Hall–Kier alpha value is -2.19. The lowest BCUT2D eigenvalue weighted by atomic mass is 9.88. The molecule has 0 aliphatic carbocycles. The second-order valence-corrected chi connectivity index (χ2v) is 6.22. The molecule has 0 bridgehead atoms. The zero-order valence-electron chi connectivity index (χ0n) is 16.1. The van der Waals surface area contributed by atoms with E-state index in [1.54, 1.807) is 0 Å². The van der Waals surface area contributed by atoms with Crippen LogP contribution in [0.2, 0.25) is 0 Å². The summed E-state index contributed by atoms with van der Waals surface area (Å²) in [5.74, 6) is -1.37. The average molecular weight is 399 g/mol. The molecule has 0 spiro atoms. The van der Waals surface area contributed by atoms with Crippen molar-refractivity contribution in [2.45, 2.75) is 44.1 Å². The van der Waals surface area contributed by atoms with Crippen LogP contribution in [0.25, 0.3) is 0 Å². The number of hydrogen-bond acceptors (Lipinski definition) is 7. The Morgan fingerprint density at radius 3 is 1.22 bits per heavy atom. The molecule has 0 aliphatic heterocycles. The molecule has 0 fully saturated rings. The van der Waals surface area contributed by atoms with Crippen LogP contribution < -0.4 is 0 Å². The maximum absolute atomic E-state index is 11.1. The van der Waals surface area contributed by atoms with Gasteiger partial charge in [-0.2, -0.15) is 0 Å². The second kappa shape index (κ2) is 14.9. The summed E-state index contributed by atoms with van der Waals surface area (Å²) in [4.78, 5) is 33.4. The number of esters is 3. The highest BCUT2D eigenvalue weighted by atomic mass is 28.2. The van der Waals surface area contributed by atoms with Crippen LogP contribution in [0.5, 0.6) is 0 Å². The van der Waals surface area contributed by atoms with Crippen molar-refractivity contribution in [2.24, 2.45) is 0 Å². The van der Waals surface area contributed by atoms with E-state index in [0.29, 0.717) is 49.0 Å². The molecule has 0 heterocycles. The summed E-state index contributed by atoms with van der Waals surface area (Å²) in [7, 11) is 0.521. The summed E-state index contributed by atoms with van der Waals surface area (Å²) in [6, 6.07) is 0. The zero-order chi connectivity index (χ0) is 20.5. The predicted octanol–water partition coefficient (Wildman–Crippen LogP) is 1.55. The van der Waals surface area contributed by atoms with Crippen LogP contribution in [0, 0.1) is 0 Å². The van der Waals surface area contributed by atoms with Gasteiger partial charge in [0.1, 0.15) is 10.5 Å². The monoisotopic (exact) mass is 398 g/mol. The molecular formula is C19H30O7Si. The molecular weight excluding hydrogens is 368 g/mol. The Labute approximate surface area is 163 Å². The van der Waals surface area contributed by atoms with Crippen LogP contribution in [-0.2, 0) is 33.0 Å². The van der Waals surface area contributed by atoms with E-state index in [1.165, 1.54) is 0 Å². The minimum atomic E-state index is -0.458. The highest BCUT2D eigenvalue weighted by molar-refractivity contribution is 5.98. The minimum absolute atomic E-state index is 0.272. The van der Waals surface area contributed by atoms with Crippen molar-refractivity contribution in [3.05, 3.63) is 38.0 Å². The van der Waals surface area contributed by atoms with Crippen molar-refractivity contribution in [1.29, 1.82) is 0 Å². The Morgan fingerprint density at radius 1 is 0.704 bits per heavy atom. The Balaban J connectivity index is 4.59. The molecule has 0 atom stereocenters. The summed E-state index contributed by atoms with van der Waals surface area (Å²) < 4.78 is 20.9. The van der Waals surface area contributed by atoms with E-state index in [1.807, 2.05) is 0 Å². The molecule has 0 aliphatic rings. The van der Waals surface area contributed by atoms with Gasteiger partial charge in [0.25, 0.3) is 0 Å². The van der Waals surface area contributed by atoms with Gasteiger partial charge in [0.2, 0.25) is 0 Å². The van der Waals surface area contributed by atoms with Gasteiger partial charge in [-0.05, 0) is 38.5 Å². The fourth-order valence-electron chi connectivity index (χ4n) is 2.56. The van der Waals surface area contributed by atoms with Gasteiger partial charge >= 0.3 is 17.9 Å². The average Bonchev–Trinajstić information content (AvgIpc) is 2.70. The third kappa shape index (κ3) is 11.9. The van der Waals surface area contributed by atoms with E-state index in [-0.39, 0.29) is 19.8 Å². The van der Waals surface area contributed by atoms with Crippen molar-refractivity contribution < 1.29 is 33.0 Å². The van der Waals surface area contributed by atoms with Gasteiger partial charge in [0.15, 0.2) is 0 Å². The Morgan fingerprint density at radius 2 is 1.00 bits per heavy atom. The highest BCUT2D eigenvalue weighted by Crippen LogP contribution is 2.29. The lowest BCUT2D eigenvalue weighted by molar-refractivity contribution is -0.138. The summed E-state index contributed by atoms with van der Waals surface area (Å²) in [5.41, 5.74) is -0.437. The predicted molar refractivity (Wildman–Crippen MR) is 105 cm³/mol. The first kappa shape index (κ1) is 24.8. The largest absolute Gasteiger partial charge is 0.463 e. The first-order valence-electron chi connectivity index (χ1n) is 8.85.